The molecule has 0 atom stereocenters. The molecule has 0 unspecified atom stereocenters. The van der Waals surface area contributed by atoms with E-state index in [2.05, 4.69) is 20.3 Å². The quantitative estimate of drug-likeness (QED) is 0.869. The highest BCUT2D eigenvalue weighted by Crippen LogP contribution is 2.19. The van der Waals surface area contributed by atoms with Gasteiger partial charge < -0.3 is 10.1 Å². The minimum absolute atomic E-state index is 0.602. The molecule has 94 valence electrons. The number of anilines is 1. The summed E-state index contributed by atoms with van der Waals surface area (Å²) in [6.45, 7) is 2.71. The van der Waals surface area contributed by atoms with Crippen LogP contribution in [0.15, 0.2) is 30.7 Å². The minimum Gasteiger partial charge on any atom is -0.481 e. The van der Waals surface area contributed by atoms with Gasteiger partial charge in [0.2, 0.25) is 5.88 Å². The van der Waals surface area contributed by atoms with Gasteiger partial charge in [0.25, 0.3) is 0 Å². The molecule has 0 aromatic carbocycles. The average Bonchev–Trinajstić information content (AvgIpc) is 2.42. The van der Waals surface area contributed by atoms with Crippen LogP contribution in [-0.4, -0.2) is 28.6 Å². The fourth-order valence-corrected chi connectivity index (χ4v) is 1.67. The number of nitrogens with zero attached hydrogens (tertiary/aromatic N) is 3. The Bertz CT molecular complexity index is 502. The number of rotatable bonds is 5. The topological polar surface area (TPSA) is 59.9 Å². The molecule has 2 rings (SSSR count). The fraction of sp³-hybridized carbons (Fsp3) is 0.308. The van der Waals surface area contributed by atoms with Gasteiger partial charge in [-0.2, -0.15) is 0 Å². The van der Waals surface area contributed by atoms with Crippen LogP contribution in [0.3, 0.4) is 0 Å². The van der Waals surface area contributed by atoms with Crippen molar-refractivity contribution < 1.29 is 4.74 Å². The van der Waals surface area contributed by atoms with Crippen LogP contribution in [-0.2, 0) is 6.42 Å². The van der Waals surface area contributed by atoms with Crippen molar-refractivity contribution in [3.05, 3.63) is 42.0 Å². The maximum atomic E-state index is 5.15. The fourth-order valence-electron chi connectivity index (χ4n) is 1.67. The predicted molar refractivity (Wildman–Crippen MR) is 69.8 cm³/mol. The molecule has 2 aromatic heterocycles. The van der Waals surface area contributed by atoms with E-state index in [0.717, 1.165) is 30.0 Å². The highest BCUT2D eigenvalue weighted by Gasteiger charge is 2.06. The Balaban J connectivity index is 1.95. The Labute approximate surface area is 106 Å². The summed E-state index contributed by atoms with van der Waals surface area (Å²) >= 11 is 0. The maximum Gasteiger partial charge on any atom is 0.221 e. The molecule has 2 aromatic rings. The highest BCUT2D eigenvalue weighted by molar-refractivity contribution is 5.47. The van der Waals surface area contributed by atoms with Crippen molar-refractivity contribution in [1.29, 1.82) is 0 Å². The Morgan fingerprint density at radius 1 is 1.22 bits per heavy atom. The summed E-state index contributed by atoms with van der Waals surface area (Å²) < 4.78 is 5.15. The van der Waals surface area contributed by atoms with E-state index in [1.54, 1.807) is 13.3 Å². The molecule has 0 amide bonds. The maximum absolute atomic E-state index is 5.15. The van der Waals surface area contributed by atoms with Gasteiger partial charge in [0.1, 0.15) is 12.1 Å². The molecular formula is C13H16N4O. The molecule has 0 aliphatic heterocycles. The average molecular weight is 244 g/mol. The second kappa shape index (κ2) is 5.95. The van der Waals surface area contributed by atoms with E-state index in [1.807, 2.05) is 25.1 Å². The van der Waals surface area contributed by atoms with Crippen LogP contribution < -0.4 is 10.1 Å². The number of hydrogen-bond donors (Lipinski definition) is 1. The number of methoxy groups -OCH3 is 1. The van der Waals surface area contributed by atoms with E-state index in [0.29, 0.717) is 5.88 Å². The Kier molecular flexibility index (Phi) is 4.06. The van der Waals surface area contributed by atoms with E-state index < -0.39 is 0 Å². The number of aromatic nitrogens is 3. The van der Waals surface area contributed by atoms with Gasteiger partial charge in [-0.15, -0.1) is 0 Å². The van der Waals surface area contributed by atoms with Crippen LogP contribution >= 0.6 is 0 Å². The number of nitrogens with one attached hydrogen (secondary N) is 1. The Morgan fingerprint density at radius 2 is 2.11 bits per heavy atom. The third-order valence-electron chi connectivity index (χ3n) is 2.63. The zero-order valence-electron chi connectivity index (χ0n) is 10.6. The van der Waals surface area contributed by atoms with E-state index >= 15 is 0 Å². The molecule has 5 nitrogen and oxygen atoms in total. The smallest absolute Gasteiger partial charge is 0.221 e. The zero-order chi connectivity index (χ0) is 12.8. The lowest BCUT2D eigenvalue weighted by molar-refractivity contribution is 0.393. The Hall–Kier alpha value is -2.17. The first-order valence-electron chi connectivity index (χ1n) is 5.80. The second-order valence-electron chi connectivity index (χ2n) is 3.85. The van der Waals surface area contributed by atoms with Crippen molar-refractivity contribution in [3.63, 3.8) is 0 Å². The normalized spacial score (nSPS) is 10.1. The summed E-state index contributed by atoms with van der Waals surface area (Å²) in [7, 11) is 1.60. The largest absolute Gasteiger partial charge is 0.481 e. The molecule has 0 saturated heterocycles. The monoisotopic (exact) mass is 244 g/mol. The molecule has 2 heterocycles. The lowest BCUT2D eigenvalue weighted by Gasteiger charge is -2.10. The van der Waals surface area contributed by atoms with Crippen molar-refractivity contribution >= 4 is 5.82 Å². The first-order valence-corrected chi connectivity index (χ1v) is 5.80. The Morgan fingerprint density at radius 3 is 2.83 bits per heavy atom. The minimum atomic E-state index is 0.602. The van der Waals surface area contributed by atoms with Gasteiger partial charge in [-0.1, -0.05) is 6.07 Å². The van der Waals surface area contributed by atoms with Crippen LogP contribution in [0, 0.1) is 6.92 Å². The van der Waals surface area contributed by atoms with Crippen molar-refractivity contribution in [2.24, 2.45) is 0 Å². The SMILES string of the molecule is COc1ncnc(NCCc2ccccn2)c1C. The van der Waals surface area contributed by atoms with E-state index in [-0.39, 0.29) is 0 Å². The molecule has 5 heteroatoms. The van der Waals surface area contributed by atoms with Crippen LogP contribution in [0.5, 0.6) is 5.88 Å². The second-order valence-corrected chi connectivity index (χ2v) is 3.85. The molecule has 0 fully saturated rings. The summed E-state index contributed by atoms with van der Waals surface area (Å²) in [4.78, 5) is 12.5. The van der Waals surface area contributed by atoms with Crippen LogP contribution in [0.4, 0.5) is 5.82 Å². The van der Waals surface area contributed by atoms with Gasteiger partial charge in [-0.25, -0.2) is 9.97 Å². The van der Waals surface area contributed by atoms with E-state index in [1.165, 1.54) is 6.33 Å². The van der Waals surface area contributed by atoms with E-state index in [4.69, 9.17) is 4.74 Å². The van der Waals surface area contributed by atoms with Crippen LogP contribution in [0.2, 0.25) is 0 Å². The molecule has 1 N–H and O–H groups in total. The van der Waals surface area contributed by atoms with Gasteiger partial charge in [0, 0.05) is 24.9 Å². The first-order chi connectivity index (χ1) is 8.81. The number of hydrogen-bond acceptors (Lipinski definition) is 5. The van der Waals surface area contributed by atoms with Gasteiger partial charge in [0.15, 0.2) is 0 Å². The van der Waals surface area contributed by atoms with Crippen molar-refractivity contribution in [2.45, 2.75) is 13.3 Å². The predicted octanol–water partition coefficient (Wildman–Crippen LogP) is 1.84. The van der Waals surface area contributed by atoms with Crippen molar-refractivity contribution in [3.8, 4) is 5.88 Å². The highest BCUT2D eigenvalue weighted by atomic mass is 16.5. The lowest BCUT2D eigenvalue weighted by Crippen LogP contribution is -2.09. The standard InChI is InChI=1S/C13H16N4O/c1-10-12(16-9-17-13(10)18-2)15-8-6-11-5-3-4-7-14-11/h3-5,7,9H,6,8H2,1-2H3,(H,15,16,17). The molecule has 0 bridgehead atoms. The first kappa shape index (κ1) is 12.3. The summed E-state index contributed by atoms with van der Waals surface area (Å²) in [6.07, 6.45) is 4.15. The van der Waals surface area contributed by atoms with E-state index in [9.17, 15) is 0 Å². The molecule has 0 spiro atoms. The molecule has 0 radical (unpaired) electrons. The van der Waals surface area contributed by atoms with Crippen molar-refractivity contribution in [1.82, 2.24) is 15.0 Å². The van der Waals surface area contributed by atoms with Gasteiger partial charge >= 0.3 is 0 Å². The van der Waals surface area contributed by atoms with Gasteiger partial charge in [-0.3, -0.25) is 4.98 Å². The van der Waals surface area contributed by atoms with Gasteiger partial charge in [0.05, 0.1) is 12.7 Å². The molecular weight excluding hydrogens is 228 g/mol. The summed E-state index contributed by atoms with van der Waals surface area (Å²) in [5.41, 5.74) is 1.98. The third kappa shape index (κ3) is 2.94. The molecule has 0 aliphatic carbocycles. The molecule has 0 aliphatic rings. The summed E-state index contributed by atoms with van der Waals surface area (Å²) in [5, 5.41) is 3.27. The van der Waals surface area contributed by atoms with Gasteiger partial charge in [-0.05, 0) is 19.1 Å². The lowest BCUT2D eigenvalue weighted by atomic mass is 10.2. The van der Waals surface area contributed by atoms with Crippen molar-refractivity contribution in [2.75, 3.05) is 19.0 Å². The number of ether oxygens (including phenoxy) is 1. The summed E-state index contributed by atoms with van der Waals surface area (Å²) in [5.74, 6) is 1.41. The number of pyridine rings is 1. The van der Waals surface area contributed by atoms with Crippen LogP contribution in [0.25, 0.3) is 0 Å². The zero-order valence-corrected chi connectivity index (χ0v) is 10.6. The molecule has 18 heavy (non-hydrogen) atoms. The summed E-state index contributed by atoms with van der Waals surface area (Å²) in [6, 6.07) is 5.91. The molecule has 0 saturated carbocycles. The third-order valence-corrected chi connectivity index (χ3v) is 2.63. The van der Waals surface area contributed by atoms with Crippen LogP contribution in [0.1, 0.15) is 11.3 Å².